The average Bonchev–Trinajstić information content (AvgIpc) is 2.13. The minimum absolute atomic E-state index is 0.110. The van der Waals surface area contributed by atoms with E-state index < -0.39 is 43.3 Å². The molecule has 1 atom stereocenters. The number of carbonyl (C=O) groups is 1. The summed E-state index contributed by atoms with van der Waals surface area (Å²) in [5, 5.41) is 11.3. The van der Waals surface area contributed by atoms with Gasteiger partial charge in [-0.2, -0.15) is 18.3 Å². The van der Waals surface area contributed by atoms with Crippen molar-refractivity contribution < 1.29 is 31.9 Å². The standard InChI is InChI=1S/C7H11F5N4O2/c8-4(9)1-3(6(17)18)5(15-13)16(14)2-7(10,11)12/h3-4H,1-2,13-14H2,(H,17,18)/b15-5-. The number of alkyl halides is 5. The first-order chi connectivity index (χ1) is 8.08. The number of rotatable bonds is 5. The van der Waals surface area contributed by atoms with Gasteiger partial charge in [0.2, 0.25) is 6.43 Å². The Morgan fingerprint density at radius 3 is 2.17 bits per heavy atom. The van der Waals surface area contributed by atoms with Gasteiger partial charge in [0, 0.05) is 6.42 Å². The lowest BCUT2D eigenvalue weighted by Gasteiger charge is -2.25. The molecule has 0 radical (unpaired) electrons. The fourth-order valence-electron chi connectivity index (χ4n) is 1.13. The first-order valence-corrected chi connectivity index (χ1v) is 4.46. The van der Waals surface area contributed by atoms with Crippen molar-refractivity contribution >= 4 is 11.8 Å². The quantitative estimate of drug-likeness (QED) is 0.221. The summed E-state index contributed by atoms with van der Waals surface area (Å²) in [7, 11) is 0. The monoisotopic (exact) mass is 278 g/mol. The van der Waals surface area contributed by atoms with Crippen LogP contribution < -0.4 is 11.7 Å². The predicted octanol–water partition coefficient (Wildman–Crippen LogP) is 0.353. The highest BCUT2D eigenvalue weighted by molar-refractivity contribution is 5.99. The second-order valence-corrected chi connectivity index (χ2v) is 3.25. The second-order valence-electron chi connectivity index (χ2n) is 3.25. The lowest BCUT2D eigenvalue weighted by atomic mass is 10.0. The van der Waals surface area contributed by atoms with Crippen LogP contribution in [0.25, 0.3) is 0 Å². The van der Waals surface area contributed by atoms with Gasteiger partial charge in [0.05, 0.1) is 0 Å². The number of hydrazone groups is 1. The molecule has 0 aromatic carbocycles. The van der Waals surface area contributed by atoms with E-state index in [4.69, 9.17) is 16.8 Å². The molecule has 0 aliphatic rings. The molecule has 18 heavy (non-hydrogen) atoms. The Balaban J connectivity index is 4.97. The van der Waals surface area contributed by atoms with E-state index in [-0.39, 0.29) is 5.01 Å². The molecule has 0 heterocycles. The molecular weight excluding hydrogens is 267 g/mol. The van der Waals surface area contributed by atoms with Crippen LogP contribution in [-0.2, 0) is 4.79 Å². The van der Waals surface area contributed by atoms with E-state index in [9.17, 15) is 26.7 Å². The Morgan fingerprint density at radius 1 is 1.39 bits per heavy atom. The molecule has 0 amide bonds. The molecule has 0 aliphatic carbocycles. The number of nitrogens with two attached hydrogens (primary N) is 2. The van der Waals surface area contributed by atoms with Gasteiger partial charge in [0.25, 0.3) is 0 Å². The van der Waals surface area contributed by atoms with Crippen molar-refractivity contribution in [3.05, 3.63) is 0 Å². The lowest BCUT2D eigenvalue weighted by molar-refractivity contribution is -0.144. The average molecular weight is 278 g/mol. The van der Waals surface area contributed by atoms with Crippen molar-refractivity contribution in [3.63, 3.8) is 0 Å². The van der Waals surface area contributed by atoms with Crippen molar-refractivity contribution in [1.29, 1.82) is 0 Å². The van der Waals surface area contributed by atoms with E-state index in [1.165, 1.54) is 0 Å². The van der Waals surface area contributed by atoms with Crippen LogP contribution in [0.3, 0.4) is 0 Å². The molecule has 0 fully saturated rings. The van der Waals surface area contributed by atoms with E-state index in [1.807, 2.05) is 0 Å². The number of amidine groups is 1. The SMILES string of the molecule is N/N=C(/C(CC(F)F)C(=O)O)N(N)CC(F)(F)F. The van der Waals surface area contributed by atoms with Crippen LogP contribution in [0, 0.1) is 5.92 Å². The Kier molecular flexibility index (Phi) is 5.75. The van der Waals surface area contributed by atoms with Gasteiger partial charge in [0.1, 0.15) is 12.5 Å². The van der Waals surface area contributed by atoms with Crippen LogP contribution in [0.2, 0.25) is 0 Å². The van der Waals surface area contributed by atoms with Crippen LogP contribution in [0.1, 0.15) is 6.42 Å². The van der Waals surface area contributed by atoms with E-state index >= 15 is 0 Å². The molecule has 0 saturated heterocycles. The summed E-state index contributed by atoms with van der Waals surface area (Å²) < 4.78 is 60.3. The Labute approximate surface area is 98.0 Å². The Morgan fingerprint density at radius 2 is 1.89 bits per heavy atom. The predicted molar refractivity (Wildman–Crippen MR) is 50.3 cm³/mol. The zero-order valence-corrected chi connectivity index (χ0v) is 8.86. The molecule has 0 aliphatic heterocycles. The molecule has 0 bridgehead atoms. The maximum atomic E-state index is 12.1. The fraction of sp³-hybridized carbons (Fsp3) is 0.714. The number of halogens is 5. The molecule has 0 rings (SSSR count). The number of carboxylic acid groups (broad SMARTS) is 1. The van der Waals surface area contributed by atoms with Crippen molar-refractivity contribution in [1.82, 2.24) is 5.01 Å². The van der Waals surface area contributed by atoms with Gasteiger partial charge in [-0.15, -0.1) is 0 Å². The van der Waals surface area contributed by atoms with Gasteiger partial charge < -0.3 is 10.9 Å². The zero-order chi connectivity index (χ0) is 14.5. The molecule has 0 saturated carbocycles. The maximum Gasteiger partial charge on any atom is 0.407 e. The molecule has 0 aromatic heterocycles. The minimum Gasteiger partial charge on any atom is -0.481 e. The highest BCUT2D eigenvalue weighted by atomic mass is 19.4. The van der Waals surface area contributed by atoms with Gasteiger partial charge in [-0.3, -0.25) is 9.80 Å². The third-order valence-electron chi connectivity index (χ3n) is 1.80. The largest absolute Gasteiger partial charge is 0.481 e. The van der Waals surface area contributed by atoms with Gasteiger partial charge >= 0.3 is 12.1 Å². The summed E-state index contributed by atoms with van der Waals surface area (Å²) >= 11 is 0. The van der Waals surface area contributed by atoms with Gasteiger partial charge in [-0.1, -0.05) is 0 Å². The van der Waals surface area contributed by atoms with E-state index in [0.29, 0.717) is 0 Å². The van der Waals surface area contributed by atoms with E-state index in [1.54, 1.807) is 0 Å². The number of hydrazine groups is 1. The van der Waals surface area contributed by atoms with Gasteiger partial charge in [-0.25, -0.2) is 14.6 Å². The van der Waals surface area contributed by atoms with Crippen molar-refractivity contribution in [2.45, 2.75) is 19.0 Å². The smallest absolute Gasteiger partial charge is 0.407 e. The molecule has 0 aromatic rings. The number of hydrogen-bond acceptors (Lipinski definition) is 4. The van der Waals surface area contributed by atoms with Crippen LogP contribution in [0.4, 0.5) is 22.0 Å². The van der Waals surface area contributed by atoms with Crippen LogP contribution >= 0.6 is 0 Å². The third kappa shape index (κ3) is 5.61. The molecule has 5 N–H and O–H groups in total. The normalized spacial score (nSPS) is 14.7. The molecule has 6 nitrogen and oxygen atoms in total. The number of carboxylic acids is 1. The summed E-state index contributed by atoms with van der Waals surface area (Å²) in [6.07, 6.45) is -9.04. The Bertz CT molecular complexity index is 319. The minimum atomic E-state index is -4.75. The Hall–Kier alpha value is -1.65. The summed E-state index contributed by atoms with van der Waals surface area (Å²) in [4.78, 5) is 10.7. The number of nitrogens with zero attached hydrogens (tertiary/aromatic N) is 2. The van der Waals surface area contributed by atoms with Crippen LogP contribution in [0.5, 0.6) is 0 Å². The van der Waals surface area contributed by atoms with E-state index in [0.717, 1.165) is 0 Å². The van der Waals surface area contributed by atoms with Crippen LogP contribution in [0.15, 0.2) is 5.10 Å². The lowest BCUT2D eigenvalue weighted by Crippen LogP contribution is -2.49. The maximum absolute atomic E-state index is 12.1. The molecule has 0 spiro atoms. The topological polar surface area (TPSA) is 105 Å². The highest BCUT2D eigenvalue weighted by Crippen LogP contribution is 2.19. The zero-order valence-electron chi connectivity index (χ0n) is 8.86. The van der Waals surface area contributed by atoms with E-state index in [2.05, 4.69) is 5.10 Å². The summed E-state index contributed by atoms with van der Waals surface area (Å²) in [5.74, 6) is 4.84. The molecular formula is C7H11F5N4O2. The second kappa shape index (κ2) is 6.33. The van der Waals surface area contributed by atoms with Crippen LogP contribution in [-0.4, -0.2) is 41.1 Å². The first kappa shape index (κ1) is 16.4. The van der Waals surface area contributed by atoms with Gasteiger partial charge in [-0.05, 0) is 0 Å². The molecule has 11 heteroatoms. The highest BCUT2D eigenvalue weighted by Gasteiger charge is 2.36. The third-order valence-corrected chi connectivity index (χ3v) is 1.80. The number of aliphatic carboxylic acids is 1. The summed E-state index contributed by atoms with van der Waals surface area (Å²) in [6.45, 7) is -1.75. The van der Waals surface area contributed by atoms with Crippen molar-refractivity contribution in [3.8, 4) is 0 Å². The molecule has 1 unspecified atom stereocenters. The number of hydrogen-bond donors (Lipinski definition) is 3. The summed E-state index contributed by atoms with van der Waals surface area (Å²) in [6, 6.07) is 0. The molecule has 106 valence electrons. The van der Waals surface area contributed by atoms with Gasteiger partial charge in [0.15, 0.2) is 5.84 Å². The summed E-state index contributed by atoms with van der Waals surface area (Å²) in [5.41, 5.74) is 0. The van der Waals surface area contributed by atoms with Crippen molar-refractivity contribution in [2.24, 2.45) is 22.7 Å². The van der Waals surface area contributed by atoms with Crippen molar-refractivity contribution in [2.75, 3.05) is 6.54 Å². The first-order valence-electron chi connectivity index (χ1n) is 4.46. The fourth-order valence-corrected chi connectivity index (χ4v) is 1.13.